The third-order valence-corrected chi connectivity index (χ3v) is 3.73. The molecule has 0 bridgehead atoms. The number of nitrogens with zero attached hydrogens (tertiary/aromatic N) is 1. The van der Waals surface area contributed by atoms with E-state index in [9.17, 15) is 0 Å². The maximum atomic E-state index is 8.80. The van der Waals surface area contributed by atoms with Crippen molar-refractivity contribution >= 4 is 5.84 Å². The van der Waals surface area contributed by atoms with Crippen LogP contribution in [0.3, 0.4) is 0 Å². The van der Waals surface area contributed by atoms with Crippen LogP contribution in [0.25, 0.3) is 0 Å². The third-order valence-electron chi connectivity index (χ3n) is 3.73. The van der Waals surface area contributed by atoms with Crippen LogP contribution in [-0.4, -0.2) is 17.6 Å². The van der Waals surface area contributed by atoms with Crippen molar-refractivity contribution < 1.29 is 9.94 Å². The summed E-state index contributed by atoms with van der Waals surface area (Å²) in [4.78, 5) is 0. The van der Waals surface area contributed by atoms with E-state index in [1.807, 2.05) is 13.8 Å². The maximum absolute atomic E-state index is 8.80. The molecule has 0 saturated carbocycles. The molecule has 1 aromatic carbocycles. The fourth-order valence-corrected chi connectivity index (χ4v) is 2.05. The van der Waals surface area contributed by atoms with E-state index in [0.717, 1.165) is 5.75 Å². The quantitative estimate of drug-likeness (QED) is 0.375. The van der Waals surface area contributed by atoms with Crippen LogP contribution in [0.5, 0.6) is 5.75 Å². The van der Waals surface area contributed by atoms with Crippen LogP contribution in [0.15, 0.2) is 23.4 Å². The molecule has 1 rings (SSSR count). The van der Waals surface area contributed by atoms with Crippen molar-refractivity contribution in [3.63, 3.8) is 0 Å². The second-order valence-electron chi connectivity index (χ2n) is 7.22. The van der Waals surface area contributed by atoms with Gasteiger partial charge in [-0.15, -0.1) is 0 Å². The normalized spacial score (nSPS) is 13.3. The van der Waals surface area contributed by atoms with Gasteiger partial charge in [0.15, 0.2) is 0 Å². The van der Waals surface area contributed by atoms with Crippen molar-refractivity contribution in [1.82, 2.24) is 0 Å². The van der Waals surface area contributed by atoms with E-state index in [1.54, 1.807) is 0 Å². The van der Waals surface area contributed by atoms with Crippen LogP contribution in [0.4, 0.5) is 0 Å². The Morgan fingerprint density at radius 3 is 2.38 bits per heavy atom. The lowest BCUT2D eigenvalue weighted by Gasteiger charge is -2.26. The largest absolute Gasteiger partial charge is 0.493 e. The second kappa shape index (κ2) is 6.37. The van der Waals surface area contributed by atoms with Crippen LogP contribution in [0, 0.1) is 12.3 Å². The van der Waals surface area contributed by atoms with Crippen molar-refractivity contribution in [1.29, 1.82) is 0 Å². The molecule has 0 atom stereocenters. The molecule has 118 valence electrons. The van der Waals surface area contributed by atoms with Crippen molar-refractivity contribution in [2.75, 3.05) is 6.61 Å². The number of benzene rings is 1. The standard InChI is InChI=1S/C17H28N2O2/c1-12-7-8-13(16(2,3)4)14(11-12)21-10-9-17(5,6)15(18)19-20/h7-8,11,20H,9-10H2,1-6H3,(H2,18,19). The summed E-state index contributed by atoms with van der Waals surface area (Å²) in [6.07, 6.45) is 0.681. The number of amidine groups is 1. The number of nitrogens with two attached hydrogens (primary N) is 1. The van der Waals surface area contributed by atoms with Crippen LogP contribution in [-0.2, 0) is 5.41 Å². The van der Waals surface area contributed by atoms with E-state index in [4.69, 9.17) is 15.7 Å². The lowest BCUT2D eigenvalue weighted by atomic mass is 9.85. The van der Waals surface area contributed by atoms with Crippen LogP contribution in [0.2, 0.25) is 0 Å². The molecule has 1 aromatic rings. The van der Waals surface area contributed by atoms with Gasteiger partial charge in [-0.05, 0) is 36.0 Å². The Morgan fingerprint density at radius 2 is 1.86 bits per heavy atom. The van der Waals surface area contributed by atoms with E-state index in [-0.39, 0.29) is 16.7 Å². The summed E-state index contributed by atoms with van der Waals surface area (Å²) in [6.45, 7) is 13.0. The summed E-state index contributed by atoms with van der Waals surface area (Å²) in [5.74, 6) is 1.14. The minimum absolute atomic E-state index is 0.0319. The van der Waals surface area contributed by atoms with Crippen LogP contribution < -0.4 is 10.5 Å². The average Bonchev–Trinajstić information content (AvgIpc) is 2.36. The predicted molar refractivity (Wildman–Crippen MR) is 87.2 cm³/mol. The van der Waals surface area contributed by atoms with E-state index in [2.05, 4.69) is 51.0 Å². The molecule has 0 aliphatic carbocycles. The van der Waals surface area contributed by atoms with Gasteiger partial charge in [-0.3, -0.25) is 0 Å². The summed E-state index contributed by atoms with van der Waals surface area (Å²) in [7, 11) is 0. The smallest absolute Gasteiger partial charge is 0.144 e. The van der Waals surface area contributed by atoms with Gasteiger partial charge >= 0.3 is 0 Å². The highest BCUT2D eigenvalue weighted by molar-refractivity contribution is 5.85. The first kappa shape index (κ1) is 17.3. The third kappa shape index (κ3) is 4.66. The molecule has 0 heterocycles. The van der Waals surface area contributed by atoms with Crippen molar-refractivity contribution in [2.24, 2.45) is 16.3 Å². The Hall–Kier alpha value is -1.71. The van der Waals surface area contributed by atoms with Crippen molar-refractivity contribution in [2.45, 2.75) is 53.4 Å². The van der Waals surface area contributed by atoms with Gasteiger partial charge in [-0.1, -0.05) is 51.9 Å². The molecule has 0 aliphatic heterocycles. The van der Waals surface area contributed by atoms with Gasteiger partial charge in [0, 0.05) is 5.41 Å². The van der Waals surface area contributed by atoms with E-state index in [1.165, 1.54) is 11.1 Å². The molecule has 0 spiro atoms. The Morgan fingerprint density at radius 1 is 1.24 bits per heavy atom. The number of rotatable bonds is 5. The zero-order valence-corrected chi connectivity index (χ0v) is 14.0. The van der Waals surface area contributed by atoms with E-state index < -0.39 is 0 Å². The molecule has 0 unspecified atom stereocenters. The highest BCUT2D eigenvalue weighted by Gasteiger charge is 2.24. The fraction of sp³-hybridized carbons (Fsp3) is 0.588. The Kier molecular flexibility index (Phi) is 5.26. The number of ether oxygens (including phenoxy) is 1. The SMILES string of the molecule is Cc1ccc(C(C)(C)C)c(OCCC(C)(C)C(N)=NO)c1. The average molecular weight is 292 g/mol. The molecule has 0 amide bonds. The monoisotopic (exact) mass is 292 g/mol. The summed E-state index contributed by atoms with van der Waals surface area (Å²) < 4.78 is 5.98. The first-order valence-corrected chi connectivity index (χ1v) is 7.30. The summed E-state index contributed by atoms with van der Waals surface area (Å²) in [5, 5.41) is 11.9. The topological polar surface area (TPSA) is 67.8 Å². The van der Waals surface area contributed by atoms with Gasteiger partial charge in [-0.25, -0.2) is 0 Å². The molecule has 0 aromatic heterocycles. The molecule has 0 aliphatic rings. The Bertz CT molecular complexity index is 514. The zero-order chi connectivity index (χ0) is 16.3. The van der Waals surface area contributed by atoms with Crippen LogP contribution >= 0.6 is 0 Å². The first-order valence-electron chi connectivity index (χ1n) is 7.30. The number of hydrogen-bond acceptors (Lipinski definition) is 3. The number of hydrogen-bond donors (Lipinski definition) is 2. The summed E-state index contributed by atoms with van der Waals surface area (Å²) in [5.41, 5.74) is 7.71. The minimum atomic E-state index is -0.388. The van der Waals surface area contributed by atoms with Gasteiger partial charge < -0.3 is 15.7 Å². The Labute approximate surface area is 128 Å². The van der Waals surface area contributed by atoms with Gasteiger partial charge in [-0.2, -0.15) is 0 Å². The van der Waals surface area contributed by atoms with E-state index in [0.29, 0.717) is 13.0 Å². The van der Waals surface area contributed by atoms with Gasteiger partial charge in [0.25, 0.3) is 0 Å². The molecule has 0 radical (unpaired) electrons. The lowest BCUT2D eigenvalue weighted by molar-refractivity contribution is 0.255. The highest BCUT2D eigenvalue weighted by atomic mass is 16.5. The molecule has 0 saturated heterocycles. The first-order chi connectivity index (χ1) is 9.58. The molecule has 21 heavy (non-hydrogen) atoms. The summed E-state index contributed by atoms with van der Waals surface area (Å²) in [6, 6.07) is 6.30. The van der Waals surface area contributed by atoms with Gasteiger partial charge in [0.1, 0.15) is 11.6 Å². The Balaban J connectivity index is 2.83. The minimum Gasteiger partial charge on any atom is -0.493 e. The second-order valence-corrected chi connectivity index (χ2v) is 7.22. The highest BCUT2D eigenvalue weighted by Crippen LogP contribution is 2.32. The molecular formula is C17H28N2O2. The lowest BCUT2D eigenvalue weighted by Crippen LogP contribution is -2.33. The number of oxime groups is 1. The maximum Gasteiger partial charge on any atom is 0.144 e. The zero-order valence-electron chi connectivity index (χ0n) is 14.0. The predicted octanol–water partition coefficient (Wildman–Crippen LogP) is 3.83. The molecule has 4 heteroatoms. The van der Waals surface area contributed by atoms with E-state index >= 15 is 0 Å². The van der Waals surface area contributed by atoms with Gasteiger partial charge in [0.05, 0.1) is 6.61 Å². The molecule has 4 nitrogen and oxygen atoms in total. The van der Waals surface area contributed by atoms with Crippen LogP contribution in [0.1, 0.15) is 52.2 Å². The summed E-state index contributed by atoms with van der Waals surface area (Å²) >= 11 is 0. The van der Waals surface area contributed by atoms with Crippen molar-refractivity contribution in [3.05, 3.63) is 29.3 Å². The molecular weight excluding hydrogens is 264 g/mol. The van der Waals surface area contributed by atoms with Gasteiger partial charge in [0.2, 0.25) is 0 Å². The molecule has 3 N–H and O–H groups in total. The van der Waals surface area contributed by atoms with Crippen molar-refractivity contribution in [3.8, 4) is 5.75 Å². The fourth-order valence-electron chi connectivity index (χ4n) is 2.05. The molecule has 0 fully saturated rings. The number of aryl methyl sites for hydroxylation is 1.